The maximum absolute atomic E-state index is 13.1. The third-order valence-electron chi connectivity index (χ3n) is 3.65. The van der Waals surface area contributed by atoms with Crippen molar-refractivity contribution in [1.82, 2.24) is 0 Å². The number of methoxy groups -OCH3 is 2. The van der Waals surface area contributed by atoms with Crippen LogP contribution in [0.1, 0.15) is 13.8 Å². The van der Waals surface area contributed by atoms with E-state index in [2.05, 4.69) is 0 Å². The summed E-state index contributed by atoms with van der Waals surface area (Å²) in [5.74, 6) is 1.46. The van der Waals surface area contributed by atoms with Crippen LogP contribution < -0.4 is 18.5 Å². The maximum Gasteiger partial charge on any atom is 0.264 e. The van der Waals surface area contributed by atoms with Gasteiger partial charge in [0.05, 0.1) is 31.4 Å². The van der Waals surface area contributed by atoms with Crippen LogP contribution in [-0.2, 0) is 10.0 Å². The van der Waals surface area contributed by atoms with Crippen molar-refractivity contribution in [3.63, 3.8) is 0 Å². The van der Waals surface area contributed by atoms with Crippen LogP contribution in [0, 0.1) is 0 Å². The summed E-state index contributed by atoms with van der Waals surface area (Å²) in [5.41, 5.74) is 0.545. The standard InChI is InChI=1S/C18H23NO5S/c1-5-19(14-8-7-9-15(12-14)24-6-2)25(20,21)16-10-11-17(22-3)18(13-16)23-4/h7-13H,5-6H2,1-4H3. The van der Waals surface area contributed by atoms with Crippen LogP contribution in [0.5, 0.6) is 17.2 Å². The van der Waals surface area contributed by atoms with Gasteiger partial charge in [-0.15, -0.1) is 0 Å². The first kappa shape index (κ1) is 18.9. The molecule has 0 atom stereocenters. The van der Waals surface area contributed by atoms with Crippen LogP contribution in [-0.4, -0.2) is 35.8 Å². The van der Waals surface area contributed by atoms with Crippen LogP contribution in [0.2, 0.25) is 0 Å². The molecular weight excluding hydrogens is 342 g/mol. The highest BCUT2D eigenvalue weighted by Crippen LogP contribution is 2.32. The Hall–Kier alpha value is -2.41. The zero-order valence-electron chi connectivity index (χ0n) is 14.9. The van der Waals surface area contributed by atoms with Gasteiger partial charge < -0.3 is 14.2 Å². The Morgan fingerprint density at radius 2 is 1.68 bits per heavy atom. The lowest BCUT2D eigenvalue weighted by molar-refractivity contribution is 0.340. The number of sulfonamides is 1. The van der Waals surface area contributed by atoms with E-state index >= 15 is 0 Å². The Labute approximate surface area is 149 Å². The fourth-order valence-electron chi connectivity index (χ4n) is 2.49. The number of rotatable bonds is 8. The SMILES string of the molecule is CCOc1cccc(N(CC)S(=O)(=O)c2ccc(OC)c(OC)c2)c1. The van der Waals surface area contributed by atoms with E-state index in [4.69, 9.17) is 14.2 Å². The summed E-state index contributed by atoms with van der Waals surface area (Å²) in [7, 11) is -0.778. The highest BCUT2D eigenvalue weighted by atomic mass is 32.2. The first-order valence-electron chi connectivity index (χ1n) is 7.95. The van der Waals surface area contributed by atoms with Crippen LogP contribution >= 0.6 is 0 Å². The number of hydrogen-bond acceptors (Lipinski definition) is 5. The van der Waals surface area contributed by atoms with Crippen LogP contribution in [0.15, 0.2) is 47.4 Å². The third-order valence-corrected chi connectivity index (χ3v) is 5.55. The molecular formula is C18H23NO5S. The van der Waals surface area contributed by atoms with Gasteiger partial charge in [-0.2, -0.15) is 0 Å². The summed E-state index contributed by atoms with van der Waals surface area (Å²) >= 11 is 0. The molecule has 2 aromatic carbocycles. The minimum Gasteiger partial charge on any atom is -0.494 e. The van der Waals surface area contributed by atoms with E-state index in [9.17, 15) is 8.42 Å². The monoisotopic (exact) mass is 365 g/mol. The molecule has 0 unspecified atom stereocenters. The number of hydrogen-bond donors (Lipinski definition) is 0. The molecule has 0 amide bonds. The van der Waals surface area contributed by atoms with E-state index in [1.807, 2.05) is 6.92 Å². The van der Waals surface area contributed by atoms with Gasteiger partial charge >= 0.3 is 0 Å². The molecule has 0 N–H and O–H groups in total. The predicted molar refractivity (Wildman–Crippen MR) is 97.4 cm³/mol. The quantitative estimate of drug-likeness (QED) is 0.718. The Kier molecular flexibility index (Phi) is 6.14. The molecule has 0 bridgehead atoms. The molecule has 0 aliphatic heterocycles. The van der Waals surface area contributed by atoms with Gasteiger partial charge in [0.2, 0.25) is 0 Å². The molecule has 0 saturated carbocycles. The van der Waals surface area contributed by atoms with E-state index in [-0.39, 0.29) is 11.4 Å². The molecule has 25 heavy (non-hydrogen) atoms. The lowest BCUT2D eigenvalue weighted by atomic mass is 10.3. The van der Waals surface area contributed by atoms with Crippen molar-refractivity contribution in [3.8, 4) is 17.2 Å². The van der Waals surface area contributed by atoms with Gasteiger partial charge in [-0.05, 0) is 38.1 Å². The molecule has 7 heteroatoms. The van der Waals surface area contributed by atoms with Crippen molar-refractivity contribution >= 4 is 15.7 Å². The third kappa shape index (κ3) is 3.99. The van der Waals surface area contributed by atoms with Gasteiger partial charge in [0.15, 0.2) is 11.5 Å². The summed E-state index contributed by atoms with van der Waals surface area (Å²) in [6.45, 7) is 4.46. The second kappa shape index (κ2) is 8.11. The molecule has 6 nitrogen and oxygen atoms in total. The van der Waals surface area contributed by atoms with Crippen LogP contribution in [0.25, 0.3) is 0 Å². The van der Waals surface area contributed by atoms with Crippen molar-refractivity contribution in [2.75, 3.05) is 31.7 Å². The average molecular weight is 365 g/mol. The summed E-state index contributed by atoms with van der Waals surface area (Å²) < 4.78 is 43.4. The van der Waals surface area contributed by atoms with E-state index in [0.717, 1.165) is 0 Å². The Bertz CT molecular complexity index is 820. The lowest BCUT2D eigenvalue weighted by Crippen LogP contribution is -2.30. The Morgan fingerprint density at radius 3 is 2.28 bits per heavy atom. The van der Waals surface area contributed by atoms with Crippen molar-refractivity contribution in [3.05, 3.63) is 42.5 Å². The van der Waals surface area contributed by atoms with Crippen molar-refractivity contribution in [2.45, 2.75) is 18.7 Å². The average Bonchev–Trinajstić information content (AvgIpc) is 2.62. The molecule has 0 aliphatic carbocycles. The highest BCUT2D eigenvalue weighted by molar-refractivity contribution is 7.92. The summed E-state index contributed by atoms with van der Waals surface area (Å²) in [6.07, 6.45) is 0. The molecule has 0 fully saturated rings. The number of nitrogens with zero attached hydrogens (tertiary/aromatic N) is 1. The zero-order valence-corrected chi connectivity index (χ0v) is 15.7. The molecule has 2 aromatic rings. The second-order valence-corrected chi connectivity index (χ2v) is 6.98. The van der Waals surface area contributed by atoms with Gasteiger partial charge in [-0.3, -0.25) is 4.31 Å². The number of ether oxygens (including phenoxy) is 3. The molecule has 2 rings (SSSR count). The molecule has 0 heterocycles. The van der Waals surface area contributed by atoms with Gasteiger partial charge in [0.1, 0.15) is 5.75 Å². The highest BCUT2D eigenvalue weighted by Gasteiger charge is 2.25. The van der Waals surface area contributed by atoms with Gasteiger partial charge in [0.25, 0.3) is 10.0 Å². The Balaban J connectivity index is 2.47. The fraction of sp³-hybridized carbons (Fsp3) is 0.333. The summed E-state index contributed by atoms with van der Waals surface area (Å²) in [4.78, 5) is 0.133. The summed E-state index contributed by atoms with van der Waals surface area (Å²) in [5, 5.41) is 0. The van der Waals surface area contributed by atoms with Crippen LogP contribution in [0.4, 0.5) is 5.69 Å². The summed E-state index contributed by atoms with van der Waals surface area (Å²) in [6, 6.07) is 11.6. The van der Waals surface area contributed by atoms with Crippen LogP contribution in [0.3, 0.4) is 0 Å². The van der Waals surface area contributed by atoms with E-state index < -0.39 is 10.0 Å². The van der Waals surface area contributed by atoms with Gasteiger partial charge in [0, 0.05) is 18.7 Å². The smallest absolute Gasteiger partial charge is 0.264 e. The minimum absolute atomic E-state index is 0.133. The van der Waals surface area contributed by atoms with E-state index in [0.29, 0.717) is 29.5 Å². The van der Waals surface area contributed by atoms with E-state index in [1.165, 1.54) is 30.7 Å². The topological polar surface area (TPSA) is 65.1 Å². The lowest BCUT2D eigenvalue weighted by Gasteiger charge is -2.24. The number of anilines is 1. The van der Waals surface area contributed by atoms with Gasteiger partial charge in [-0.25, -0.2) is 8.42 Å². The first-order valence-corrected chi connectivity index (χ1v) is 9.39. The van der Waals surface area contributed by atoms with Gasteiger partial charge in [-0.1, -0.05) is 6.07 Å². The van der Waals surface area contributed by atoms with E-state index in [1.54, 1.807) is 37.3 Å². The molecule has 0 spiro atoms. The Morgan fingerprint density at radius 1 is 0.960 bits per heavy atom. The molecule has 0 radical (unpaired) electrons. The van der Waals surface area contributed by atoms with Crippen molar-refractivity contribution < 1.29 is 22.6 Å². The van der Waals surface area contributed by atoms with Crippen molar-refractivity contribution in [2.24, 2.45) is 0 Å². The van der Waals surface area contributed by atoms with Crippen molar-refractivity contribution in [1.29, 1.82) is 0 Å². The number of benzene rings is 2. The zero-order chi connectivity index (χ0) is 18.4. The predicted octanol–water partition coefficient (Wildman–Crippen LogP) is 3.32. The minimum atomic E-state index is -3.75. The fourth-order valence-corrected chi connectivity index (χ4v) is 3.97. The normalized spacial score (nSPS) is 11.0. The first-order chi connectivity index (χ1) is 12.0. The second-order valence-electron chi connectivity index (χ2n) is 5.12. The largest absolute Gasteiger partial charge is 0.494 e. The molecule has 0 aromatic heterocycles. The molecule has 136 valence electrons. The molecule has 0 aliphatic rings. The molecule has 0 saturated heterocycles. The maximum atomic E-state index is 13.1.